The summed E-state index contributed by atoms with van der Waals surface area (Å²) in [6.45, 7) is 3.79. The van der Waals surface area contributed by atoms with Gasteiger partial charge in [0.2, 0.25) is 0 Å². The Morgan fingerprint density at radius 2 is 2.06 bits per heavy atom. The molecule has 1 saturated carbocycles. The number of hydrogen-bond donors (Lipinski definition) is 0. The highest BCUT2D eigenvalue weighted by Crippen LogP contribution is 2.37. The third-order valence-electron chi connectivity index (χ3n) is 3.93. The van der Waals surface area contributed by atoms with Crippen LogP contribution in [0.15, 0.2) is 12.4 Å². The molecular formula is C14H23BrN2O. The first-order chi connectivity index (χ1) is 8.78. The van der Waals surface area contributed by atoms with Crippen molar-refractivity contribution in [3.05, 3.63) is 12.4 Å². The molecule has 0 bridgehead atoms. The lowest BCUT2D eigenvalue weighted by Gasteiger charge is -2.30. The lowest BCUT2D eigenvalue weighted by atomic mass is 9.83. The van der Waals surface area contributed by atoms with Crippen LogP contribution in [0.1, 0.15) is 45.4 Å². The third-order valence-corrected chi connectivity index (χ3v) is 5.12. The Morgan fingerprint density at radius 3 is 2.61 bits per heavy atom. The standard InChI is InChI=1S/C14H23BrN2O/c1-2-17-10-13(9-16-17)18-12-14(11-15)7-5-3-4-6-8-14/h9-10H,2-8,11-12H2,1H3. The minimum Gasteiger partial charge on any atom is -0.490 e. The molecule has 0 N–H and O–H groups in total. The maximum Gasteiger partial charge on any atom is 0.157 e. The van der Waals surface area contributed by atoms with E-state index in [-0.39, 0.29) is 0 Å². The Balaban J connectivity index is 1.93. The van der Waals surface area contributed by atoms with E-state index < -0.39 is 0 Å². The number of ether oxygens (including phenoxy) is 1. The number of alkyl halides is 1. The summed E-state index contributed by atoms with van der Waals surface area (Å²) in [5, 5.41) is 5.29. The number of aryl methyl sites for hydroxylation is 1. The predicted molar refractivity (Wildman–Crippen MR) is 77.3 cm³/mol. The molecule has 0 aromatic carbocycles. The minimum atomic E-state index is 0.324. The largest absolute Gasteiger partial charge is 0.490 e. The van der Waals surface area contributed by atoms with Crippen LogP contribution in [0.5, 0.6) is 5.75 Å². The van der Waals surface area contributed by atoms with E-state index in [0.29, 0.717) is 5.41 Å². The number of aromatic nitrogens is 2. The summed E-state index contributed by atoms with van der Waals surface area (Å²) in [6, 6.07) is 0. The smallest absolute Gasteiger partial charge is 0.157 e. The Bertz CT molecular complexity index is 356. The van der Waals surface area contributed by atoms with Crippen LogP contribution in [0.25, 0.3) is 0 Å². The second kappa shape index (κ2) is 6.60. The second-order valence-electron chi connectivity index (χ2n) is 5.37. The van der Waals surface area contributed by atoms with E-state index in [0.717, 1.165) is 24.2 Å². The number of hydrogen-bond acceptors (Lipinski definition) is 2. The van der Waals surface area contributed by atoms with E-state index in [1.54, 1.807) is 0 Å². The monoisotopic (exact) mass is 314 g/mol. The zero-order valence-electron chi connectivity index (χ0n) is 11.2. The Hall–Kier alpha value is -0.510. The molecule has 1 aromatic rings. The van der Waals surface area contributed by atoms with Crippen molar-refractivity contribution in [2.45, 2.75) is 52.0 Å². The Labute approximate surface area is 118 Å². The number of halogens is 1. The van der Waals surface area contributed by atoms with Crippen LogP contribution in [-0.2, 0) is 6.54 Å². The van der Waals surface area contributed by atoms with Gasteiger partial charge in [-0.1, -0.05) is 41.6 Å². The minimum absolute atomic E-state index is 0.324. The summed E-state index contributed by atoms with van der Waals surface area (Å²) < 4.78 is 7.87. The number of rotatable bonds is 5. The molecule has 0 aliphatic heterocycles. The first kappa shape index (κ1) is 13.9. The van der Waals surface area contributed by atoms with Gasteiger partial charge in [0.25, 0.3) is 0 Å². The third kappa shape index (κ3) is 3.50. The molecule has 4 heteroatoms. The average Bonchev–Trinajstić information content (AvgIpc) is 2.74. The van der Waals surface area contributed by atoms with Gasteiger partial charge in [0, 0.05) is 17.3 Å². The topological polar surface area (TPSA) is 27.1 Å². The van der Waals surface area contributed by atoms with Crippen molar-refractivity contribution in [2.75, 3.05) is 11.9 Å². The van der Waals surface area contributed by atoms with Crippen LogP contribution >= 0.6 is 15.9 Å². The molecule has 1 fully saturated rings. The van der Waals surface area contributed by atoms with E-state index in [1.165, 1.54) is 38.5 Å². The maximum absolute atomic E-state index is 5.96. The fraction of sp³-hybridized carbons (Fsp3) is 0.786. The van der Waals surface area contributed by atoms with Crippen LogP contribution in [0, 0.1) is 5.41 Å². The van der Waals surface area contributed by atoms with Crippen molar-refractivity contribution in [1.29, 1.82) is 0 Å². The highest BCUT2D eigenvalue weighted by molar-refractivity contribution is 9.09. The van der Waals surface area contributed by atoms with Crippen LogP contribution in [0.4, 0.5) is 0 Å². The van der Waals surface area contributed by atoms with Gasteiger partial charge in [-0.25, -0.2) is 0 Å². The summed E-state index contributed by atoms with van der Waals surface area (Å²) in [7, 11) is 0. The molecule has 18 heavy (non-hydrogen) atoms. The number of nitrogens with zero attached hydrogens (tertiary/aromatic N) is 2. The zero-order valence-corrected chi connectivity index (χ0v) is 12.8. The Kier molecular flexibility index (Phi) is 5.10. The zero-order chi connectivity index (χ0) is 12.8. The molecule has 0 spiro atoms. The van der Waals surface area contributed by atoms with Gasteiger partial charge in [0.1, 0.15) is 0 Å². The van der Waals surface area contributed by atoms with Gasteiger partial charge in [-0.05, 0) is 19.8 Å². The summed E-state index contributed by atoms with van der Waals surface area (Å²) in [4.78, 5) is 0. The van der Waals surface area contributed by atoms with Crippen molar-refractivity contribution >= 4 is 15.9 Å². The van der Waals surface area contributed by atoms with Crippen LogP contribution < -0.4 is 4.74 Å². The molecular weight excluding hydrogens is 292 g/mol. The SMILES string of the molecule is CCn1cc(OCC2(CBr)CCCCCC2)cn1. The first-order valence-corrected chi connectivity index (χ1v) is 8.11. The molecule has 0 radical (unpaired) electrons. The lowest BCUT2D eigenvalue weighted by Crippen LogP contribution is -2.29. The Morgan fingerprint density at radius 1 is 1.33 bits per heavy atom. The van der Waals surface area contributed by atoms with Crippen molar-refractivity contribution < 1.29 is 4.74 Å². The van der Waals surface area contributed by atoms with Gasteiger partial charge in [0.15, 0.2) is 5.75 Å². The molecule has 0 amide bonds. The van der Waals surface area contributed by atoms with Gasteiger partial charge >= 0.3 is 0 Å². The fourth-order valence-corrected chi connectivity index (χ4v) is 3.35. The van der Waals surface area contributed by atoms with Gasteiger partial charge in [-0.3, -0.25) is 4.68 Å². The summed E-state index contributed by atoms with van der Waals surface area (Å²) in [6.07, 6.45) is 11.8. The normalized spacial score (nSPS) is 19.4. The van der Waals surface area contributed by atoms with E-state index in [9.17, 15) is 0 Å². The van der Waals surface area contributed by atoms with Crippen molar-refractivity contribution in [3.63, 3.8) is 0 Å². The highest BCUT2D eigenvalue weighted by Gasteiger charge is 2.30. The first-order valence-electron chi connectivity index (χ1n) is 6.99. The van der Waals surface area contributed by atoms with Crippen molar-refractivity contribution in [3.8, 4) is 5.75 Å². The molecule has 0 unspecified atom stereocenters. The highest BCUT2D eigenvalue weighted by atomic mass is 79.9. The maximum atomic E-state index is 5.96. The van der Waals surface area contributed by atoms with E-state index in [1.807, 2.05) is 17.1 Å². The van der Waals surface area contributed by atoms with E-state index >= 15 is 0 Å². The quantitative estimate of drug-likeness (QED) is 0.606. The second-order valence-corrected chi connectivity index (χ2v) is 5.93. The molecule has 2 rings (SSSR count). The van der Waals surface area contributed by atoms with Crippen LogP contribution in [-0.4, -0.2) is 21.7 Å². The van der Waals surface area contributed by atoms with E-state index in [4.69, 9.17) is 4.74 Å². The molecule has 1 aromatic heterocycles. The lowest BCUT2D eigenvalue weighted by molar-refractivity contribution is 0.149. The summed E-state index contributed by atoms with van der Waals surface area (Å²) in [5.41, 5.74) is 0.324. The average molecular weight is 315 g/mol. The molecule has 0 saturated heterocycles. The molecule has 1 heterocycles. The molecule has 102 valence electrons. The molecule has 0 atom stereocenters. The van der Waals surface area contributed by atoms with Crippen LogP contribution in [0.3, 0.4) is 0 Å². The summed E-state index contributed by atoms with van der Waals surface area (Å²) >= 11 is 3.69. The van der Waals surface area contributed by atoms with Gasteiger partial charge in [-0.2, -0.15) is 5.10 Å². The van der Waals surface area contributed by atoms with Gasteiger partial charge in [0.05, 0.1) is 19.0 Å². The van der Waals surface area contributed by atoms with Crippen molar-refractivity contribution in [2.24, 2.45) is 5.41 Å². The molecule has 1 aliphatic carbocycles. The van der Waals surface area contributed by atoms with E-state index in [2.05, 4.69) is 28.0 Å². The van der Waals surface area contributed by atoms with Gasteiger partial charge in [-0.15, -0.1) is 0 Å². The molecule has 1 aliphatic rings. The summed E-state index contributed by atoms with van der Waals surface area (Å²) in [5.74, 6) is 0.904. The van der Waals surface area contributed by atoms with Gasteiger partial charge < -0.3 is 4.74 Å². The van der Waals surface area contributed by atoms with Crippen molar-refractivity contribution in [1.82, 2.24) is 9.78 Å². The van der Waals surface area contributed by atoms with Crippen LogP contribution in [0.2, 0.25) is 0 Å². The predicted octanol–water partition coefficient (Wildman–Crippen LogP) is 4.02. The fourth-order valence-electron chi connectivity index (χ4n) is 2.62. The molecule has 3 nitrogen and oxygen atoms in total.